The molecule has 0 saturated heterocycles. The molecule has 0 aliphatic carbocycles. The largest absolute Gasteiger partial charge is 0.481 e. The van der Waals surface area contributed by atoms with Gasteiger partial charge in [0.1, 0.15) is 0 Å². The highest BCUT2D eigenvalue weighted by Gasteiger charge is 2.17. The molecule has 0 radical (unpaired) electrons. The second-order valence-electron chi connectivity index (χ2n) is 4.01. The normalized spacial score (nSPS) is 13.6. The van der Waals surface area contributed by atoms with Crippen LogP contribution in [-0.2, 0) is 11.8 Å². The Bertz CT molecular complexity index is 613. The van der Waals surface area contributed by atoms with Crippen LogP contribution in [0.2, 0.25) is 0 Å². The first-order valence-corrected chi connectivity index (χ1v) is 6.44. The van der Waals surface area contributed by atoms with Crippen molar-refractivity contribution >= 4 is 23.0 Å². The third-order valence-corrected chi connectivity index (χ3v) is 3.69. The lowest BCUT2D eigenvalue weighted by atomic mass is 10.1. The molecule has 1 N–H and O–H groups in total. The van der Waals surface area contributed by atoms with E-state index in [1.54, 1.807) is 6.92 Å². The molecule has 0 aliphatic rings. The van der Waals surface area contributed by atoms with Crippen LogP contribution in [0, 0.1) is 0 Å². The topological polar surface area (TPSA) is 54.6 Å². The summed E-state index contributed by atoms with van der Waals surface area (Å²) >= 11 is 1.45. The fourth-order valence-electron chi connectivity index (χ4n) is 1.61. The average Bonchev–Trinajstić information content (AvgIpc) is 2.71. The highest BCUT2D eigenvalue weighted by atomic mass is 32.1. The highest BCUT2D eigenvalue weighted by molar-refractivity contribution is 7.07. The van der Waals surface area contributed by atoms with Crippen molar-refractivity contribution in [1.29, 1.82) is 0 Å². The molecule has 0 amide bonds. The first-order valence-electron chi connectivity index (χ1n) is 5.56. The number of hydrogen-bond acceptors (Lipinski definition) is 3. The summed E-state index contributed by atoms with van der Waals surface area (Å²) in [5.74, 6) is -1.35. The maximum absolute atomic E-state index is 11.0. The van der Waals surface area contributed by atoms with Gasteiger partial charge < -0.3 is 9.67 Å². The number of rotatable bonds is 3. The van der Waals surface area contributed by atoms with Crippen molar-refractivity contribution in [2.45, 2.75) is 12.8 Å². The van der Waals surface area contributed by atoms with Gasteiger partial charge in [-0.15, -0.1) is 11.3 Å². The van der Waals surface area contributed by atoms with Gasteiger partial charge in [-0.25, -0.2) is 4.99 Å². The molecule has 1 heterocycles. The van der Waals surface area contributed by atoms with E-state index in [2.05, 4.69) is 4.99 Å². The van der Waals surface area contributed by atoms with Crippen LogP contribution in [0.25, 0.3) is 0 Å². The summed E-state index contributed by atoms with van der Waals surface area (Å²) in [6.45, 7) is 1.68. The Hall–Kier alpha value is -1.88. The summed E-state index contributed by atoms with van der Waals surface area (Å²) in [4.78, 5) is 16.3. The third kappa shape index (κ3) is 2.51. The van der Waals surface area contributed by atoms with Gasteiger partial charge in [0.15, 0.2) is 4.80 Å². The van der Waals surface area contributed by atoms with Crippen LogP contribution in [0.3, 0.4) is 0 Å². The lowest BCUT2D eigenvalue weighted by Crippen LogP contribution is -2.18. The van der Waals surface area contributed by atoms with Crippen LogP contribution in [0.4, 0.5) is 5.69 Å². The highest BCUT2D eigenvalue weighted by Crippen LogP contribution is 2.16. The molecule has 0 spiro atoms. The number of carboxylic acid groups (broad SMARTS) is 1. The fraction of sp³-hybridized carbons (Fsp3) is 0.231. The number of thiazole rings is 1. The molecule has 1 unspecified atom stereocenters. The van der Waals surface area contributed by atoms with Crippen LogP contribution < -0.4 is 4.80 Å². The summed E-state index contributed by atoms with van der Waals surface area (Å²) in [5.41, 5.74) is 1.63. The molecule has 18 heavy (non-hydrogen) atoms. The van der Waals surface area contributed by atoms with Crippen LogP contribution in [0.15, 0.2) is 40.7 Å². The van der Waals surface area contributed by atoms with Crippen LogP contribution in [0.5, 0.6) is 0 Å². The Morgan fingerprint density at radius 2 is 2.06 bits per heavy atom. The van der Waals surface area contributed by atoms with E-state index in [0.29, 0.717) is 0 Å². The van der Waals surface area contributed by atoms with Crippen molar-refractivity contribution in [2.24, 2.45) is 12.0 Å². The summed E-state index contributed by atoms with van der Waals surface area (Å²) < 4.78 is 1.83. The number of benzene rings is 1. The van der Waals surface area contributed by atoms with Crippen molar-refractivity contribution < 1.29 is 9.90 Å². The molecule has 2 rings (SSSR count). The Balaban J connectivity index is 2.43. The van der Waals surface area contributed by atoms with Gasteiger partial charge in [0, 0.05) is 18.1 Å². The predicted octanol–water partition coefficient (Wildman–Crippen LogP) is 2.51. The molecule has 5 heteroatoms. The zero-order chi connectivity index (χ0) is 13.1. The number of hydrogen-bond donors (Lipinski definition) is 1. The molecule has 4 nitrogen and oxygen atoms in total. The summed E-state index contributed by atoms with van der Waals surface area (Å²) in [7, 11) is 1.84. The minimum atomic E-state index is -0.824. The van der Waals surface area contributed by atoms with Crippen LogP contribution in [0.1, 0.15) is 18.5 Å². The van der Waals surface area contributed by atoms with E-state index < -0.39 is 11.9 Å². The molecule has 94 valence electrons. The molecule has 1 aromatic heterocycles. The second-order valence-corrected chi connectivity index (χ2v) is 4.85. The molecule has 0 fully saturated rings. The maximum Gasteiger partial charge on any atom is 0.312 e. The van der Waals surface area contributed by atoms with Crippen LogP contribution >= 0.6 is 11.3 Å². The molecule has 0 bridgehead atoms. The molecule has 0 saturated carbocycles. The van der Waals surface area contributed by atoms with Crippen molar-refractivity contribution in [1.82, 2.24) is 4.57 Å². The number of nitrogens with zero attached hydrogens (tertiary/aromatic N) is 2. The predicted molar refractivity (Wildman–Crippen MR) is 71.0 cm³/mol. The van der Waals surface area contributed by atoms with E-state index in [1.807, 2.05) is 47.3 Å². The first-order chi connectivity index (χ1) is 8.59. The Morgan fingerprint density at radius 3 is 2.67 bits per heavy atom. The molecule has 1 atom stereocenters. The summed E-state index contributed by atoms with van der Waals surface area (Å²) in [6, 6.07) is 9.62. The van der Waals surface area contributed by atoms with Gasteiger partial charge in [-0.3, -0.25) is 4.79 Å². The third-order valence-electron chi connectivity index (χ3n) is 2.75. The van der Waals surface area contributed by atoms with Gasteiger partial charge in [-0.2, -0.15) is 0 Å². The summed E-state index contributed by atoms with van der Waals surface area (Å²) in [6.07, 6.45) is 0. The lowest BCUT2D eigenvalue weighted by Gasteiger charge is -2.06. The standard InChI is InChI=1S/C13H14N2O2S/c1-9(12(16)17)11-8-18-13(15(11)2)14-10-6-4-3-5-7-10/h3-9H,1-2H3,(H,16,17). The van der Waals surface area contributed by atoms with Gasteiger partial charge in [-0.05, 0) is 19.1 Å². The molecule has 2 aromatic rings. The van der Waals surface area contributed by atoms with E-state index in [0.717, 1.165) is 16.2 Å². The first kappa shape index (κ1) is 12.6. The average molecular weight is 262 g/mol. The zero-order valence-electron chi connectivity index (χ0n) is 10.2. The Kier molecular flexibility index (Phi) is 3.62. The van der Waals surface area contributed by atoms with Crippen LogP contribution in [-0.4, -0.2) is 15.6 Å². The Labute approximate surface area is 109 Å². The zero-order valence-corrected chi connectivity index (χ0v) is 11.0. The van der Waals surface area contributed by atoms with E-state index in [9.17, 15) is 4.79 Å². The monoisotopic (exact) mass is 262 g/mol. The quantitative estimate of drug-likeness (QED) is 0.924. The lowest BCUT2D eigenvalue weighted by molar-refractivity contribution is -0.138. The molecular formula is C13H14N2O2S. The molecule has 1 aromatic carbocycles. The minimum absolute atomic E-state index is 0.522. The van der Waals surface area contributed by atoms with Gasteiger partial charge in [0.2, 0.25) is 0 Å². The number of aromatic nitrogens is 1. The number of para-hydroxylation sites is 1. The Morgan fingerprint density at radius 1 is 1.39 bits per heavy atom. The van der Waals surface area contributed by atoms with Gasteiger partial charge in [-0.1, -0.05) is 18.2 Å². The number of carboxylic acids is 1. The van der Waals surface area contributed by atoms with E-state index in [4.69, 9.17) is 5.11 Å². The van der Waals surface area contributed by atoms with E-state index in [1.165, 1.54) is 11.3 Å². The minimum Gasteiger partial charge on any atom is -0.481 e. The van der Waals surface area contributed by atoms with Crippen molar-refractivity contribution in [3.63, 3.8) is 0 Å². The van der Waals surface area contributed by atoms with Crippen molar-refractivity contribution in [2.75, 3.05) is 0 Å². The number of carbonyl (C=O) groups is 1. The van der Waals surface area contributed by atoms with Crippen molar-refractivity contribution in [3.05, 3.63) is 46.2 Å². The van der Waals surface area contributed by atoms with Gasteiger partial charge in [0.25, 0.3) is 0 Å². The fourth-order valence-corrected chi connectivity index (χ4v) is 2.63. The summed E-state index contributed by atoms with van der Waals surface area (Å²) in [5, 5.41) is 10.9. The number of aliphatic carboxylic acids is 1. The van der Waals surface area contributed by atoms with E-state index >= 15 is 0 Å². The van der Waals surface area contributed by atoms with Gasteiger partial charge in [0.05, 0.1) is 11.6 Å². The van der Waals surface area contributed by atoms with E-state index in [-0.39, 0.29) is 0 Å². The molecule has 0 aliphatic heterocycles. The van der Waals surface area contributed by atoms with Gasteiger partial charge >= 0.3 is 5.97 Å². The van der Waals surface area contributed by atoms with Crippen molar-refractivity contribution in [3.8, 4) is 0 Å². The smallest absolute Gasteiger partial charge is 0.312 e. The SMILES string of the molecule is CC(C(=O)O)c1csc(=Nc2ccccc2)n1C. The molecular weight excluding hydrogens is 248 g/mol. The second kappa shape index (κ2) is 5.18. The maximum atomic E-state index is 11.0.